The number of nitrogens with two attached hydrogens (primary N) is 1. The molecular formula is C12H14BrClN2O. The van der Waals surface area contributed by atoms with Crippen molar-refractivity contribution in [3.63, 3.8) is 0 Å². The minimum Gasteiger partial charge on any atom is -0.334 e. The summed E-state index contributed by atoms with van der Waals surface area (Å²) in [5.41, 5.74) is 6.22. The predicted octanol–water partition coefficient (Wildman–Crippen LogP) is 2.67. The van der Waals surface area contributed by atoms with Gasteiger partial charge in [-0.3, -0.25) is 4.79 Å². The van der Waals surface area contributed by atoms with Crippen molar-refractivity contribution in [2.24, 2.45) is 5.73 Å². The lowest BCUT2D eigenvalue weighted by atomic mass is 10.1. The molecule has 1 heterocycles. The molecule has 92 valence electrons. The van der Waals surface area contributed by atoms with E-state index in [2.05, 4.69) is 15.9 Å². The highest BCUT2D eigenvalue weighted by Crippen LogP contribution is 2.25. The second-order valence-electron chi connectivity index (χ2n) is 4.15. The number of benzene rings is 1. The van der Waals surface area contributed by atoms with E-state index in [0.29, 0.717) is 17.1 Å². The third-order valence-corrected chi connectivity index (χ3v) is 3.88. The van der Waals surface area contributed by atoms with Crippen molar-refractivity contribution in [2.75, 3.05) is 13.1 Å². The highest BCUT2D eigenvalue weighted by atomic mass is 79.9. The van der Waals surface area contributed by atoms with Gasteiger partial charge in [-0.05, 0) is 31.0 Å². The molecule has 1 aromatic carbocycles. The molecule has 5 heteroatoms. The number of halogens is 2. The van der Waals surface area contributed by atoms with Crippen molar-refractivity contribution in [1.29, 1.82) is 0 Å². The summed E-state index contributed by atoms with van der Waals surface area (Å²) in [6.07, 6.45) is 2.00. The van der Waals surface area contributed by atoms with Crippen LogP contribution in [0.3, 0.4) is 0 Å². The van der Waals surface area contributed by atoms with Crippen LogP contribution in [-0.2, 0) is 0 Å². The molecule has 1 aromatic rings. The number of nitrogens with zero attached hydrogens (tertiary/aromatic N) is 1. The van der Waals surface area contributed by atoms with Crippen molar-refractivity contribution in [1.82, 2.24) is 4.90 Å². The molecule has 2 rings (SSSR count). The van der Waals surface area contributed by atoms with E-state index in [0.717, 1.165) is 23.9 Å². The van der Waals surface area contributed by atoms with Crippen molar-refractivity contribution in [3.05, 3.63) is 33.3 Å². The monoisotopic (exact) mass is 316 g/mol. The van der Waals surface area contributed by atoms with Crippen LogP contribution in [0.25, 0.3) is 0 Å². The lowest BCUT2D eigenvalue weighted by Crippen LogP contribution is -2.40. The van der Waals surface area contributed by atoms with Crippen molar-refractivity contribution < 1.29 is 4.79 Å². The smallest absolute Gasteiger partial charge is 0.255 e. The fourth-order valence-corrected chi connectivity index (χ4v) is 2.92. The van der Waals surface area contributed by atoms with Crippen LogP contribution >= 0.6 is 27.5 Å². The number of amides is 1. The summed E-state index contributed by atoms with van der Waals surface area (Å²) in [6.45, 7) is 1.28. The van der Waals surface area contributed by atoms with Crippen molar-refractivity contribution in [3.8, 4) is 0 Å². The number of carbonyl (C=O) groups is 1. The molecule has 0 aromatic heterocycles. The zero-order valence-corrected chi connectivity index (χ0v) is 11.7. The Morgan fingerprint density at radius 2 is 2.35 bits per heavy atom. The van der Waals surface area contributed by atoms with Crippen LogP contribution in [0.1, 0.15) is 23.2 Å². The van der Waals surface area contributed by atoms with Gasteiger partial charge in [0, 0.05) is 23.6 Å². The lowest BCUT2D eigenvalue weighted by molar-refractivity contribution is 0.0741. The van der Waals surface area contributed by atoms with Gasteiger partial charge in [0.05, 0.1) is 10.6 Å². The second-order valence-corrected chi connectivity index (χ2v) is 5.48. The zero-order valence-electron chi connectivity index (χ0n) is 9.33. The lowest BCUT2D eigenvalue weighted by Gasteiger charge is -2.23. The van der Waals surface area contributed by atoms with Gasteiger partial charge < -0.3 is 10.6 Å². The topological polar surface area (TPSA) is 46.3 Å². The Hall–Kier alpha value is -0.580. The first kappa shape index (κ1) is 12.9. The van der Waals surface area contributed by atoms with Crippen LogP contribution in [0.5, 0.6) is 0 Å². The highest BCUT2D eigenvalue weighted by molar-refractivity contribution is 9.10. The number of hydrogen-bond donors (Lipinski definition) is 1. The molecule has 1 atom stereocenters. The van der Waals surface area contributed by atoms with Gasteiger partial charge in [-0.25, -0.2) is 0 Å². The molecule has 0 bridgehead atoms. The Morgan fingerprint density at radius 1 is 1.59 bits per heavy atom. The average molecular weight is 318 g/mol. The van der Waals surface area contributed by atoms with Crippen LogP contribution in [0.15, 0.2) is 22.7 Å². The summed E-state index contributed by atoms with van der Waals surface area (Å²) in [6, 6.07) is 5.47. The van der Waals surface area contributed by atoms with Gasteiger partial charge >= 0.3 is 0 Å². The number of rotatable bonds is 2. The van der Waals surface area contributed by atoms with Gasteiger partial charge in [0.2, 0.25) is 0 Å². The highest BCUT2D eigenvalue weighted by Gasteiger charge is 2.29. The van der Waals surface area contributed by atoms with E-state index in [1.165, 1.54) is 0 Å². The molecule has 0 spiro atoms. The maximum atomic E-state index is 12.3. The number of hydrogen-bond acceptors (Lipinski definition) is 2. The molecule has 0 radical (unpaired) electrons. The maximum Gasteiger partial charge on any atom is 0.255 e. The van der Waals surface area contributed by atoms with Crippen LogP contribution in [-0.4, -0.2) is 29.9 Å². The van der Waals surface area contributed by atoms with E-state index in [4.69, 9.17) is 17.3 Å². The van der Waals surface area contributed by atoms with E-state index >= 15 is 0 Å². The van der Waals surface area contributed by atoms with Gasteiger partial charge in [-0.2, -0.15) is 0 Å². The summed E-state index contributed by atoms with van der Waals surface area (Å²) in [4.78, 5) is 14.1. The Kier molecular flexibility index (Phi) is 4.07. The Labute approximate surface area is 114 Å². The third kappa shape index (κ3) is 2.64. The quantitative estimate of drug-likeness (QED) is 0.911. The number of carbonyl (C=O) groups excluding carboxylic acids is 1. The summed E-state index contributed by atoms with van der Waals surface area (Å²) >= 11 is 9.41. The Morgan fingerprint density at radius 3 is 3.00 bits per heavy atom. The first-order valence-electron chi connectivity index (χ1n) is 5.59. The standard InChI is InChI=1S/C12H14BrClN2O/c13-8-3-4-10(11(14)6-8)12(17)16-5-1-2-9(16)7-15/h3-4,6,9H,1-2,5,7,15H2/t9-/m0/s1. The fourth-order valence-electron chi connectivity index (χ4n) is 2.17. The summed E-state index contributed by atoms with van der Waals surface area (Å²) in [7, 11) is 0. The fraction of sp³-hybridized carbons (Fsp3) is 0.417. The van der Waals surface area contributed by atoms with Gasteiger partial charge in [0.15, 0.2) is 0 Å². The number of likely N-dealkylation sites (tertiary alicyclic amines) is 1. The molecule has 0 unspecified atom stereocenters. The van der Waals surface area contributed by atoms with E-state index in [1.807, 2.05) is 11.0 Å². The van der Waals surface area contributed by atoms with Crippen LogP contribution in [0.4, 0.5) is 0 Å². The summed E-state index contributed by atoms with van der Waals surface area (Å²) in [5, 5.41) is 0.479. The Balaban J connectivity index is 2.24. The summed E-state index contributed by atoms with van der Waals surface area (Å²) < 4.78 is 0.871. The Bertz CT molecular complexity index is 439. The van der Waals surface area contributed by atoms with E-state index in [-0.39, 0.29) is 11.9 Å². The molecule has 0 saturated carbocycles. The molecule has 3 nitrogen and oxygen atoms in total. The normalized spacial score (nSPS) is 19.7. The minimum atomic E-state index is -0.0181. The molecule has 0 aliphatic carbocycles. The van der Waals surface area contributed by atoms with Gasteiger partial charge in [-0.1, -0.05) is 27.5 Å². The molecule has 1 aliphatic rings. The van der Waals surface area contributed by atoms with Crippen LogP contribution in [0, 0.1) is 0 Å². The van der Waals surface area contributed by atoms with E-state index in [1.54, 1.807) is 12.1 Å². The van der Waals surface area contributed by atoms with Crippen LogP contribution < -0.4 is 5.73 Å². The molecule has 1 aliphatic heterocycles. The largest absolute Gasteiger partial charge is 0.334 e. The zero-order chi connectivity index (χ0) is 12.4. The second kappa shape index (κ2) is 5.38. The molecule has 17 heavy (non-hydrogen) atoms. The first-order valence-corrected chi connectivity index (χ1v) is 6.76. The summed E-state index contributed by atoms with van der Waals surface area (Å²) in [5.74, 6) is -0.0181. The molecule has 1 amide bonds. The van der Waals surface area contributed by atoms with Crippen molar-refractivity contribution in [2.45, 2.75) is 18.9 Å². The SMILES string of the molecule is NC[C@@H]1CCCN1C(=O)c1ccc(Br)cc1Cl. The van der Waals surface area contributed by atoms with Gasteiger partial charge in [0.25, 0.3) is 5.91 Å². The average Bonchev–Trinajstić information content (AvgIpc) is 2.76. The molecule has 2 N–H and O–H groups in total. The third-order valence-electron chi connectivity index (χ3n) is 3.07. The minimum absolute atomic E-state index is 0.0181. The van der Waals surface area contributed by atoms with E-state index < -0.39 is 0 Å². The molecule has 1 saturated heterocycles. The van der Waals surface area contributed by atoms with Crippen LogP contribution in [0.2, 0.25) is 5.02 Å². The molecule has 1 fully saturated rings. The predicted molar refractivity (Wildman–Crippen MR) is 72.3 cm³/mol. The molecular weight excluding hydrogens is 304 g/mol. The van der Waals surface area contributed by atoms with Crippen molar-refractivity contribution >= 4 is 33.4 Å². The first-order chi connectivity index (χ1) is 8.13. The van der Waals surface area contributed by atoms with E-state index in [9.17, 15) is 4.79 Å². The maximum absolute atomic E-state index is 12.3. The van der Waals surface area contributed by atoms with Gasteiger partial charge in [-0.15, -0.1) is 0 Å². The van der Waals surface area contributed by atoms with Gasteiger partial charge in [0.1, 0.15) is 0 Å².